The summed E-state index contributed by atoms with van der Waals surface area (Å²) in [5, 5.41) is 6.15. The summed E-state index contributed by atoms with van der Waals surface area (Å²) in [5.74, 6) is 0.613. The van der Waals surface area contributed by atoms with E-state index in [2.05, 4.69) is 40.4 Å². The van der Waals surface area contributed by atoms with Crippen molar-refractivity contribution in [3.63, 3.8) is 0 Å². The summed E-state index contributed by atoms with van der Waals surface area (Å²) >= 11 is 0. The Morgan fingerprint density at radius 3 is 2.57 bits per heavy atom. The maximum atomic E-state index is 12.5. The Kier molecular flexibility index (Phi) is 6.32. The predicted molar refractivity (Wildman–Crippen MR) is 113 cm³/mol. The van der Waals surface area contributed by atoms with E-state index in [-0.39, 0.29) is 5.91 Å². The number of hydrogen-bond acceptors (Lipinski definition) is 5. The van der Waals surface area contributed by atoms with Gasteiger partial charge < -0.3 is 20.0 Å². The molecule has 2 heterocycles. The van der Waals surface area contributed by atoms with Gasteiger partial charge in [-0.1, -0.05) is 0 Å². The predicted octanol–water partition coefficient (Wildman–Crippen LogP) is 4.69. The number of rotatable bonds is 8. The van der Waals surface area contributed by atoms with Crippen molar-refractivity contribution >= 4 is 23.0 Å². The summed E-state index contributed by atoms with van der Waals surface area (Å²) in [6.07, 6.45) is 3.29. The Bertz CT molecular complexity index is 901. The van der Waals surface area contributed by atoms with E-state index in [1.165, 1.54) is 0 Å². The number of carbonyl (C=O) groups is 1. The summed E-state index contributed by atoms with van der Waals surface area (Å²) in [6.45, 7) is 8.73. The lowest BCUT2D eigenvalue weighted by Crippen LogP contribution is -2.22. The number of pyridine rings is 1. The van der Waals surface area contributed by atoms with Crippen LogP contribution in [0, 0.1) is 6.92 Å². The van der Waals surface area contributed by atoms with Gasteiger partial charge >= 0.3 is 0 Å². The van der Waals surface area contributed by atoms with Crippen molar-refractivity contribution in [1.82, 2.24) is 4.98 Å². The van der Waals surface area contributed by atoms with Crippen LogP contribution in [0.5, 0.6) is 0 Å². The molecule has 0 aliphatic rings. The molecule has 0 aliphatic carbocycles. The molecule has 1 aromatic carbocycles. The largest absolute Gasteiger partial charge is 0.467 e. The minimum Gasteiger partial charge on any atom is -0.467 e. The first-order chi connectivity index (χ1) is 13.6. The van der Waals surface area contributed by atoms with Gasteiger partial charge in [-0.2, -0.15) is 0 Å². The molecule has 0 saturated carbocycles. The zero-order valence-electron chi connectivity index (χ0n) is 16.5. The van der Waals surface area contributed by atoms with Crippen molar-refractivity contribution in [2.75, 3.05) is 28.6 Å². The maximum Gasteiger partial charge on any atom is 0.274 e. The molecule has 0 radical (unpaired) electrons. The van der Waals surface area contributed by atoms with Crippen LogP contribution >= 0.6 is 0 Å². The molecule has 3 aromatic rings. The Morgan fingerprint density at radius 2 is 1.96 bits per heavy atom. The van der Waals surface area contributed by atoms with Crippen LogP contribution in [0.1, 0.15) is 35.7 Å². The third-order valence-electron chi connectivity index (χ3n) is 4.63. The first-order valence-electron chi connectivity index (χ1n) is 9.50. The molecule has 0 unspecified atom stereocenters. The van der Waals surface area contributed by atoms with Crippen molar-refractivity contribution in [3.05, 3.63) is 71.9 Å². The highest BCUT2D eigenvalue weighted by molar-refractivity contribution is 6.03. The standard InChI is InChI=1S/C22H26N4O2/c1-4-26(5-2)18-9-11-20(16(3)13-18)25-22(27)21-10-8-17(14-24-21)23-15-19-7-6-12-28-19/h6-14,23H,4-5,15H2,1-3H3,(H,25,27). The van der Waals surface area contributed by atoms with Crippen LogP contribution in [0.25, 0.3) is 0 Å². The van der Waals surface area contributed by atoms with Crippen LogP contribution in [0.15, 0.2) is 59.3 Å². The number of anilines is 3. The molecule has 0 saturated heterocycles. The molecule has 0 atom stereocenters. The Morgan fingerprint density at radius 1 is 1.14 bits per heavy atom. The van der Waals surface area contributed by atoms with Crippen LogP contribution in [-0.2, 0) is 6.54 Å². The molecule has 0 aliphatic heterocycles. The van der Waals surface area contributed by atoms with Crippen molar-refractivity contribution in [3.8, 4) is 0 Å². The molecule has 6 heteroatoms. The molecule has 0 fully saturated rings. The van der Waals surface area contributed by atoms with Gasteiger partial charge in [-0.3, -0.25) is 4.79 Å². The van der Waals surface area contributed by atoms with Crippen molar-refractivity contribution in [2.24, 2.45) is 0 Å². The number of aryl methyl sites for hydroxylation is 1. The van der Waals surface area contributed by atoms with E-state index < -0.39 is 0 Å². The number of hydrogen-bond donors (Lipinski definition) is 2. The first kappa shape index (κ1) is 19.5. The van der Waals surface area contributed by atoms with Crippen LogP contribution < -0.4 is 15.5 Å². The number of carbonyl (C=O) groups excluding carboxylic acids is 1. The fourth-order valence-electron chi connectivity index (χ4n) is 2.99. The second-order valence-electron chi connectivity index (χ2n) is 6.49. The van der Waals surface area contributed by atoms with Gasteiger partial charge in [0.15, 0.2) is 0 Å². The number of aromatic nitrogens is 1. The Labute approximate surface area is 165 Å². The van der Waals surface area contributed by atoms with E-state index >= 15 is 0 Å². The lowest BCUT2D eigenvalue weighted by Gasteiger charge is -2.22. The molecule has 1 amide bonds. The second-order valence-corrected chi connectivity index (χ2v) is 6.49. The van der Waals surface area contributed by atoms with Crippen LogP contribution in [0.3, 0.4) is 0 Å². The number of nitrogens with zero attached hydrogens (tertiary/aromatic N) is 2. The average Bonchev–Trinajstić information content (AvgIpc) is 3.23. The van der Waals surface area contributed by atoms with Crippen LogP contribution in [0.4, 0.5) is 17.1 Å². The molecule has 146 valence electrons. The van der Waals surface area contributed by atoms with Crippen molar-refractivity contribution in [2.45, 2.75) is 27.3 Å². The van der Waals surface area contributed by atoms with Gasteiger partial charge in [0.25, 0.3) is 5.91 Å². The zero-order chi connectivity index (χ0) is 19.9. The van der Waals surface area contributed by atoms with Gasteiger partial charge in [0, 0.05) is 24.5 Å². The molecule has 6 nitrogen and oxygen atoms in total. The molecular weight excluding hydrogens is 352 g/mol. The van der Waals surface area contributed by atoms with E-state index in [0.717, 1.165) is 41.5 Å². The molecule has 28 heavy (non-hydrogen) atoms. The van der Waals surface area contributed by atoms with Gasteiger partial charge in [0.1, 0.15) is 11.5 Å². The summed E-state index contributed by atoms with van der Waals surface area (Å²) in [4.78, 5) is 19.1. The number of nitrogens with one attached hydrogen (secondary N) is 2. The summed E-state index contributed by atoms with van der Waals surface area (Å²) < 4.78 is 5.28. The van der Waals surface area contributed by atoms with Crippen molar-refractivity contribution < 1.29 is 9.21 Å². The average molecular weight is 378 g/mol. The molecule has 0 spiro atoms. The molecule has 2 N–H and O–H groups in total. The molecule has 3 rings (SSSR count). The van der Waals surface area contributed by atoms with Gasteiger partial charge in [0.2, 0.25) is 0 Å². The lowest BCUT2D eigenvalue weighted by molar-refractivity contribution is 0.102. The van der Waals surface area contributed by atoms with E-state index in [9.17, 15) is 4.79 Å². The lowest BCUT2D eigenvalue weighted by atomic mass is 10.1. The van der Waals surface area contributed by atoms with Gasteiger partial charge in [-0.05, 0) is 68.8 Å². The van der Waals surface area contributed by atoms with Crippen LogP contribution in [-0.4, -0.2) is 24.0 Å². The van der Waals surface area contributed by atoms with E-state index in [1.54, 1.807) is 18.5 Å². The summed E-state index contributed by atoms with van der Waals surface area (Å²) in [7, 11) is 0. The van der Waals surface area contributed by atoms with Gasteiger partial charge in [-0.15, -0.1) is 0 Å². The fourth-order valence-corrected chi connectivity index (χ4v) is 2.99. The van der Waals surface area contributed by atoms with E-state index in [4.69, 9.17) is 4.42 Å². The van der Waals surface area contributed by atoms with E-state index in [1.807, 2.05) is 37.3 Å². The Hall–Kier alpha value is -3.28. The number of furan rings is 1. The normalized spacial score (nSPS) is 10.5. The van der Waals surface area contributed by atoms with Crippen LogP contribution in [0.2, 0.25) is 0 Å². The molecular formula is C22H26N4O2. The summed E-state index contributed by atoms with van der Waals surface area (Å²) in [5.41, 5.74) is 4.17. The highest BCUT2D eigenvalue weighted by atomic mass is 16.3. The minimum atomic E-state index is -0.226. The second kappa shape index (κ2) is 9.08. The van der Waals surface area contributed by atoms with Crippen molar-refractivity contribution in [1.29, 1.82) is 0 Å². The third-order valence-corrected chi connectivity index (χ3v) is 4.63. The number of amides is 1. The molecule has 2 aromatic heterocycles. The molecule has 0 bridgehead atoms. The summed E-state index contributed by atoms with van der Waals surface area (Å²) in [6, 6.07) is 13.4. The zero-order valence-corrected chi connectivity index (χ0v) is 16.5. The highest BCUT2D eigenvalue weighted by Crippen LogP contribution is 2.23. The Balaban J connectivity index is 1.62. The quantitative estimate of drug-likeness (QED) is 0.595. The first-order valence-corrected chi connectivity index (χ1v) is 9.50. The van der Waals surface area contributed by atoms with Gasteiger partial charge in [0.05, 0.1) is 24.7 Å². The smallest absolute Gasteiger partial charge is 0.274 e. The highest BCUT2D eigenvalue weighted by Gasteiger charge is 2.11. The fraction of sp³-hybridized carbons (Fsp3) is 0.273. The number of benzene rings is 1. The SMILES string of the molecule is CCN(CC)c1ccc(NC(=O)c2ccc(NCc3ccco3)cn2)c(C)c1. The van der Waals surface area contributed by atoms with Gasteiger partial charge in [-0.25, -0.2) is 4.98 Å². The monoisotopic (exact) mass is 378 g/mol. The minimum absolute atomic E-state index is 0.226. The maximum absolute atomic E-state index is 12.5. The topological polar surface area (TPSA) is 70.4 Å². The van der Waals surface area contributed by atoms with E-state index in [0.29, 0.717) is 12.2 Å². The third kappa shape index (κ3) is 4.71.